The maximum atomic E-state index is 13.5. The second-order valence-electron chi connectivity index (χ2n) is 8.57. The highest BCUT2D eigenvalue weighted by atomic mass is 32.2. The van der Waals surface area contributed by atoms with Gasteiger partial charge in [-0.3, -0.25) is 9.30 Å². The Morgan fingerprint density at radius 3 is 2.33 bits per heavy atom. The van der Waals surface area contributed by atoms with Gasteiger partial charge in [0.05, 0.1) is 23.8 Å². The molecule has 1 saturated heterocycles. The lowest BCUT2D eigenvalue weighted by Crippen LogP contribution is -2.43. The summed E-state index contributed by atoms with van der Waals surface area (Å²) in [5.41, 5.74) is 2.47. The standard InChI is InChI=1S/C25H26F2N4O3S2/c26-20-3-1-19(2-4-20)24-17-31-22(18-35-25(31)28-24)9-10-30(12-11-29-13-15-34-16-14-29)36(32,33)23-7-5-21(27)6-8-23/h1-8,17-18H,9-16H2. The number of halogens is 2. The molecule has 190 valence electrons. The number of nitrogens with zero attached hydrogens (tertiary/aromatic N) is 4. The summed E-state index contributed by atoms with van der Waals surface area (Å²) in [4.78, 5) is 7.68. The van der Waals surface area contributed by atoms with Crippen molar-refractivity contribution in [2.45, 2.75) is 11.3 Å². The molecule has 0 radical (unpaired) electrons. The zero-order valence-electron chi connectivity index (χ0n) is 19.5. The topological polar surface area (TPSA) is 67.2 Å². The minimum Gasteiger partial charge on any atom is -0.379 e. The van der Waals surface area contributed by atoms with Gasteiger partial charge in [-0.2, -0.15) is 4.31 Å². The number of morpholine rings is 1. The SMILES string of the molecule is O=S(=O)(c1ccc(F)cc1)N(CCc1csc2nc(-c3ccc(F)cc3)cn12)CCN1CCOCC1. The Morgan fingerprint density at radius 2 is 1.64 bits per heavy atom. The number of aromatic nitrogens is 2. The molecule has 2 aromatic heterocycles. The minimum atomic E-state index is -3.82. The van der Waals surface area contributed by atoms with Crippen molar-refractivity contribution in [1.29, 1.82) is 0 Å². The first kappa shape index (κ1) is 25.0. The van der Waals surface area contributed by atoms with E-state index in [1.807, 2.05) is 16.0 Å². The largest absolute Gasteiger partial charge is 0.379 e. The van der Waals surface area contributed by atoms with Gasteiger partial charge in [0.15, 0.2) is 4.96 Å². The number of hydrogen-bond donors (Lipinski definition) is 0. The number of sulfonamides is 1. The lowest BCUT2D eigenvalue weighted by atomic mass is 10.2. The first-order chi connectivity index (χ1) is 17.4. The normalized spacial score (nSPS) is 15.2. The van der Waals surface area contributed by atoms with Gasteiger partial charge in [-0.1, -0.05) is 0 Å². The van der Waals surface area contributed by atoms with E-state index in [0.29, 0.717) is 32.7 Å². The molecule has 0 amide bonds. The minimum absolute atomic E-state index is 0.0718. The van der Waals surface area contributed by atoms with E-state index >= 15 is 0 Å². The third-order valence-electron chi connectivity index (χ3n) is 6.26. The number of rotatable bonds is 9. The third-order valence-corrected chi connectivity index (χ3v) is 9.06. The molecule has 3 heterocycles. The quantitative estimate of drug-likeness (QED) is 0.327. The highest BCUT2D eigenvalue weighted by molar-refractivity contribution is 7.89. The van der Waals surface area contributed by atoms with Crippen molar-refractivity contribution in [1.82, 2.24) is 18.6 Å². The van der Waals surface area contributed by atoms with Crippen molar-refractivity contribution in [2.75, 3.05) is 45.9 Å². The zero-order chi connectivity index (χ0) is 25.1. The molecule has 11 heteroatoms. The molecule has 1 fully saturated rings. The summed E-state index contributed by atoms with van der Waals surface area (Å²) < 4.78 is 62.5. The fourth-order valence-corrected chi connectivity index (χ4v) is 6.53. The van der Waals surface area contributed by atoms with Gasteiger partial charge < -0.3 is 4.74 Å². The number of fused-ring (bicyclic) bond motifs is 1. The fraction of sp³-hybridized carbons (Fsp3) is 0.320. The molecule has 1 aliphatic rings. The van der Waals surface area contributed by atoms with E-state index in [1.165, 1.54) is 39.9 Å². The van der Waals surface area contributed by atoms with Gasteiger partial charge in [-0.15, -0.1) is 11.3 Å². The van der Waals surface area contributed by atoms with Crippen molar-refractivity contribution in [3.8, 4) is 11.3 Å². The Balaban J connectivity index is 1.36. The molecule has 36 heavy (non-hydrogen) atoms. The van der Waals surface area contributed by atoms with E-state index in [9.17, 15) is 17.2 Å². The van der Waals surface area contributed by atoms with E-state index in [-0.39, 0.29) is 17.3 Å². The lowest BCUT2D eigenvalue weighted by Gasteiger charge is -2.29. The van der Waals surface area contributed by atoms with Crippen molar-refractivity contribution in [3.63, 3.8) is 0 Å². The van der Waals surface area contributed by atoms with Gasteiger partial charge in [0, 0.05) is 62.0 Å². The van der Waals surface area contributed by atoms with Gasteiger partial charge in [-0.25, -0.2) is 22.2 Å². The summed E-state index contributed by atoms with van der Waals surface area (Å²) in [5.74, 6) is -0.786. The van der Waals surface area contributed by atoms with Crippen molar-refractivity contribution in [3.05, 3.63) is 77.4 Å². The Hall–Kier alpha value is -2.70. The summed E-state index contributed by atoms with van der Waals surface area (Å²) in [6, 6.07) is 11.1. The average molecular weight is 533 g/mol. The van der Waals surface area contributed by atoms with Crippen LogP contribution in [0.2, 0.25) is 0 Å². The Bertz CT molecular complexity index is 1410. The predicted molar refractivity (Wildman–Crippen MR) is 135 cm³/mol. The molecule has 7 nitrogen and oxygen atoms in total. The third kappa shape index (κ3) is 5.50. The van der Waals surface area contributed by atoms with Crippen LogP contribution in [0.1, 0.15) is 5.69 Å². The molecule has 1 aliphatic heterocycles. The lowest BCUT2D eigenvalue weighted by molar-refractivity contribution is 0.0363. The van der Waals surface area contributed by atoms with Crippen LogP contribution in [0, 0.1) is 11.6 Å². The molecule has 4 aromatic rings. The van der Waals surface area contributed by atoms with Crippen molar-refractivity contribution < 1.29 is 21.9 Å². The average Bonchev–Trinajstić information content (AvgIpc) is 3.47. The highest BCUT2D eigenvalue weighted by Crippen LogP contribution is 2.25. The molecular formula is C25H26F2N4O3S2. The molecular weight excluding hydrogens is 506 g/mol. The number of benzene rings is 2. The fourth-order valence-electron chi connectivity index (χ4n) is 4.19. The van der Waals surface area contributed by atoms with Gasteiger partial charge in [0.25, 0.3) is 0 Å². The maximum Gasteiger partial charge on any atom is 0.243 e. The van der Waals surface area contributed by atoms with Crippen LogP contribution in [-0.4, -0.2) is 72.9 Å². The van der Waals surface area contributed by atoms with Crippen LogP contribution >= 0.6 is 11.3 Å². The second-order valence-corrected chi connectivity index (χ2v) is 11.3. The van der Waals surface area contributed by atoms with Crippen LogP contribution < -0.4 is 0 Å². The molecule has 2 aromatic carbocycles. The predicted octanol–water partition coefficient (Wildman–Crippen LogP) is 3.91. The molecule has 0 aliphatic carbocycles. The first-order valence-corrected chi connectivity index (χ1v) is 14.0. The van der Waals surface area contributed by atoms with Crippen molar-refractivity contribution in [2.24, 2.45) is 0 Å². The Morgan fingerprint density at radius 1 is 0.972 bits per heavy atom. The number of thiazole rings is 1. The van der Waals surface area contributed by atoms with E-state index in [4.69, 9.17) is 4.74 Å². The highest BCUT2D eigenvalue weighted by Gasteiger charge is 2.26. The number of ether oxygens (including phenoxy) is 1. The molecule has 0 N–H and O–H groups in total. The van der Waals surface area contributed by atoms with Gasteiger partial charge in [0.2, 0.25) is 10.0 Å². The zero-order valence-corrected chi connectivity index (χ0v) is 21.1. The van der Waals surface area contributed by atoms with Crippen LogP contribution in [-0.2, 0) is 21.2 Å². The molecule has 0 atom stereocenters. The number of imidazole rings is 1. The van der Waals surface area contributed by atoms with E-state index in [2.05, 4.69) is 9.88 Å². The second kappa shape index (κ2) is 10.7. The summed E-state index contributed by atoms with van der Waals surface area (Å²) in [6.45, 7) is 3.96. The molecule has 0 saturated carbocycles. The van der Waals surface area contributed by atoms with Gasteiger partial charge >= 0.3 is 0 Å². The summed E-state index contributed by atoms with van der Waals surface area (Å²) in [5, 5.41) is 1.97. The van der Waals surface area contributed by atoms with Gasteiger partial charge in [-0.05, 0) is 48.5 Å². The van der Waals surface area contributed by atoms with Crippen LogP contribution in [0.15, 0.2) is 65.0 Å². The summed E-state index contributed by atoms with van der Waals surface area (Å²) in [7, 11) is -3.82. The first-order valence-electron chi connectivity index (χ1n) is 11.7. The summed E-state index contributed by atoms with van der Waals surface area (Å²) in [6.07, 6.45) is 2.36. The monoisotopic (exact) mass is 532 g/mol. The molecule has 0 bridgehead atoms. The summed E-state index contributed by atoms with van der Waals surface area (Å²) >= 11 is 1.47. The number of hydrogen-bond acceptors (Lipinski definition) is 6. The Kier molecular flexibility index (Phi) is 7.44. The molecule has 5 rings (SSSR count). The van der Waals surface area contributed by atoms with E-state index in [0.717, 1.165) is 47.1 Å². The smallest absolute Gasteiger partial charge is 0.243 e. The maximum absolute atomic E-state index is 13.5. The molecule has 0 unspecified atom stereocenters. The van der Waals surface area contributed by atoms with Gasteiger partial charge in [0.1, 0.15) is 11.6 Å². The van der Waals surface area contributed by atoms with E-state index in [1.54, 1.807) is 12.1 Å². The van der Waals surface area contributed by atoms with Crippen LogP contribution in [0.3, 0.4) is 0 Å². The van der Waals surface area contributed by atoms with Crippen LogP contribution in [0.25, 0.3) is 16.2 Å². The van der Waals surface area contributed by atoms with Crippen LogP contribution in [0.4, 0.5) is 8.78 Å². The molecule has 0 spiro atoms. The Labute approximate surface area is 212 Å². The van der Waals surface area contributed by atoms with Crippen LogP contribution in [0.5, 0.6) is 0 Å². The van der Waals surface area contributed by atoms with Crippen molar-refractivity contribution >= 4 is 26.3 Å². The van der Waals surface area contributed by atoms with E-state index < -0.39 is 15.8 Å².